The van der Waals surface area contributed by atoms with Gasteiger partial charge in [-0.25, -0.2) is 0 Å². The van der Waals surface area contributed by atoms with Crippen LogP contribution in [0.5, 0.6) is 0 Å². The number of amides is 1. The number of halogens is 5. The Morgan fingerprint density at radius 3 is 2.12 bits per heavy atom. The molecule has 1 saturated carbocycles. The van der Waals surface area contributed by atoms with E-state index in [9.17, 15) is 26.7 Å². The summed E-state index contributed by atoms with van der Waals surface area (Å²) in [6.45, 7) is -0.967. The molecule has 0 saturated heterocycles. The Kier molecular flexibility index (Phi) is 3.41. The summed E-state index contributed by atoms with van der Waals surface area (Å²) >= 11 is 0. The summed E-state index contributed by atoms with van der Waals surface area (Å²) in [6, 6.07) is -2.40. The molecule has 1 aliphatic rings. The average molecular weight is 246 g/mol. The second-order valence-corrected chi connectivity index (χ2v) is 3.69. The summed E-state index contributed by atoms with van der Waals surface area (Å²) in [5.41, 5.74) is 4.83. The van der Waals surface area contributed by atoms with Crippen LogP contribution in [-0.4, -0.2) is 30.6 Å². The summed E-state index contributed by atoms with van der Waals surface area (Å²) < 4.78 is 61.6. The van der Waals surface area contributed by atoms with Gasteiger partial charge in [0, 0.05) is 12.5 Å². The van der Waals surface area contributed by atoms with E-state index < -0.39 is 36.5 Å². The molecule has 0 aromatic rings. The molecule has 3 N–H and O–H groups in total. The van der Waals surface area contributed by atoms with Crippen LogP contribution in [0.25, 0.3) is 0 Å². The number of rotatable bonds is 4. The highest BCUT2D eigenvalue weighted by molar-refractivity contribution is 5.81. The molecule has 0 aromatic carbocycles. The quantitative estimate of drug-likeness (QED) is 0.728. The van der Waals surface area contributed by atoms with Crippen molar-refractivity contribution >= 4 is 5.91 Å². The van der Waals surface area contributed by atoms with Crippen molar-refractivity contribution in [1.82, 2.24) is 5.32 Å². The van der Waals surface area contributed by atoms with Crippen molar-refractivity contribution in [3.8, 4) is 0 Å². The second kappa shape index (κ2) is 4.15. The Bertz CT molecular complexity index is 274. The van der Waals surface area contributed by atoms with Gasteiger partial charge in [0.2, 0.25) is 5.91 Å². The molecule has 94 valence electrons. The molecule has 1 amide bonds. The van der Waals surface area contributed by atoms with Gasteiger partial charge >= 0.3 is 12.1 Å². The van der Waals surface area contributed by atoms with Gasteiger partial charge in [-0.15, -0.1) is 0 Å². The van der Waals surface area contributed by atoms with Gasteiger partial charge in [0.15, 0.2) is 0 Å². The Balaban J connectivity index is 2.68. The van der Waals surface area contributed by atoms with Crippen LogP contribution in [0, 0.1) is 5.92 Å². The summed E-state index contributed by atoms with van der Waals surface area (Å²) in [5, 5.41) is 1.64. The SMILES string of the molecule is NCC(NC(=O)C1CC1)C(F)(F)C(F)(F)F. The second-order valence-electron chi connectivity index (χ2n) is 3.69. The Morgan fingerprint density at radius 1 is 1.31 bits per heavy atom. The van der Waals surface area contributed by atoms with E-state index in [4.69, 9.17) is 5.73 Å². The lowest BCUT2D eigenvalue weighted by Crippen LogP contribution is -2.58. The van der Waals surface area contributed by atoms with Gasteiger partial charge in [-0.1, -0.05) is 0 Å². The van der Waals surface area contributed by atoms with Crippen molar-refractivity contribution in [2.45, 2.75) is 31.0 Å². The first-order valence-corrected chi connectivity index (χ1v) is 4.65. The van der Waals surface area contributed by atoms with Crippen LogP contribution in [0.1, 0.15) is 12.8 Å². The van der Waals surface area contributed by atoms with Crippen LogP contribution in [0.3, 0.4) is 0 Å². The monoisotopic (exact) mass is 246 g/mol. The first-order chi connectivity index (χ1) is 7.20. The fourth-order valence-corrected chi connectivity index (χ4v) is 1.13. The van der Waals surface area contributed by atoms with E-state index in [0.717, 1.165) is 0 Å². The van der Waals surface area contributed by atoms with Crippen LogP contribution in [0.2, 0.25) is 0 Å². The highest BCUT2D eigenvalue weighted by Crippen LogP contribution is 2.38. The van der Waals surface area contributed by atoms with Crippen LogP contribution < -0.4 is 11.1 Å². The van der Waals surface area contributed by atoms with Gasteiger partial charge in [-0.2, -0.15) is 22.0 Å². The van der Waals surface area contributed by atoms with Crippen molar-refractivity contribution in [2.24, 2.45) is 11.7 Å². The molecule has 0 spiro atoms. The third kappa shape index (κ3) is 2.60. The number of nitrogens with one attached hydrogen (secondary N) is 1. The minimum absolute atomic E-state index is 0.446. The smallest absolute Gasteiger partial charge is 0.345 e. The molecule has 0 radical (unpaired) electrons. The summed E-state index contributed by atoms with van der Waals surface area (Å²) in [4.78, 5) is 11.1. The number of hydrogen-bond donors (Lipinski definition) is 2. The molecule has 16 heavy (non-hydrogen) atoms. The Morgan fingerprint density at radius 2 is 1.81 bits per heavy atom. The van der Waals surface area contributed by atoms with E-state index in [1.54, 1.807) is 5.32 Å². The lowest BCUT2D eigenvalue weighted by Gasteiger charge is -2.28. The van der Waals surface area contributed by atoms with Crippen LogP contribution >= 0.6 is 0 Å². The summed E-state index contributed by atoms with van der Waals surface area (Å²) in [6.07, 6.45) is -4.69. The molecule has 0 heterocycles. The predicted octanol–water partition coefficient (Wildman–Crippen LogP) is 1.04. The summed E-state index contributed by atoms with van der Waals surface area (Å²) in [7, 11) is 0. The Labute approximate surface area is 88.2 Å². The summed E-state index contributed by atoms with van der Waals surface area (Å²) in [5.74, 6) is -6.25. The largest absolute Gasteiger partial charge is 0.455 e. The third-order valence-electron chi connectivity index (χ3n) is 2.32. The van der Waals surface area contributed by atoms with E-state index in [0.29, 0.717) is 12.8 Å². The fraction of sp³-hybridized carbons (Fsp3) is 0.875. The topological polar surface area (TPSA) is 55.1 Å². The van der Waals surface area contributed by atoms with Crippen molar-refractivity contribution in [3.05, 3.63) is 0 Å². The van der Waals surface area contributed by atoms with Gasteiger partial charge in [-0.05, 0) is 12.8 Å². The molecule has 1 atom stereocenters. The van der Waals surface area contributed by atoms with Crippen LogP contribution in [-0.2, 0) is 4.79 Å². The van der Waals surface area contributed by atoms with Crippen LogP contribution in [0.4, 0.5) is 22.0 Å². The van der Waals surface area contributed by atoms with Gasteiger partial charge < -0.3 is 11.1 Å². The zero-order valence-corrected chi connectivity index (χ0v) is 8.15. The van der Waals surface area contributed by atoms with E-state index in [2.05, 4.69) is 0 Å². The standard InChI is InChI=1S/C8H11F5N2O/c9-7(10,8(11,12)13)5(3-14)15-6(16)4-1-2-4/h4-5H,1-3,14H2,(H,15,16). The van der Waals surface area contributed by atoms with Gasteiger partial charge in [0.1, 0.15) is 6.04 Å². The van der Waals surface area contributed by atoms with E-state index in [1.165, 1.54) is 0 Å². The minimum Gasteiger partial charge on any atom is -0.345 e. The molecular weight excluding hydrogens is 235 g/mol. The third-order valence-corrected chi connectivity index (χ3v) is 2.32. The Hall–Kier alpha value is -0.920. The first kappa shape index (κ1) is 13.1. The lowest BCUT2D eigenvalue weighted by atomic mass is 10.1. The fourth-order valence-electron chi connectivity index (χ4n) is 1.13. The maximum atomic E-state index is 12.8. The number of alkyl halides is 5. The van der Waals surface area contributed by atoms with Crippen molar-refractivity contribution in [3.63, 3.8) is 0 Å². The highest BCUT2D eigenvalue weighted by Gasteiger charge is 2.62. The van der Waals surface area contributed by atoms with Gasteiger partial charge in [0.05, 0.1) is 0 Å². The van der Waals surface area contributed by atoms with Crippen LogP contribution in [0.15, 0.2) is 0 Å². The molecule has 1 unspecified atom stereocenters. The van der Waals surface area contributed by atoms with E-state index >= 15 is 0 Å². The molecule has 8 heteroatoms. The van der Waals surface area contributed by atoms with E-state index in [-0.39, 0.29) is 0 Å². The predicted molar refractivity (Wildman–Crippen MR) is 44.7 cm³/mol. The maximum absolute atomic E-state index is 12.8. The maximum Gasteiger partial charge on any atom is 0.455 e. The molecule has 0 bridgehead atoms. The normalized spacial score (nSPS) is 19.4. The zero-order chi connectivity index (χ0) is 12.6. The highest BCUT2D eigenvalue weighted by atomic mass is 19.4. The molecule has 1 rings (SSSR count). The molecule has 1 aliphatic carbocycles. The molecule has 0 aliphatic heterocycles. The number of carbonyl (C=O) groups is 1. The average Bonchev–Trinajstić information content (AvgIpc) is 2.94. The molecule has 3 nitrogen and oxygen atoms in total. The first-order valence-electron chi connectivity index (χ1n) is 4.65. The van der Waals surface area contributed by atoms with E-state index in [1.807, 2.05) is 0 Å². The number of carbonyl (C=O) groups excluding carboxylic acids is 1. The number of hydrogen-bond acceptors (Lipinski definition) is 2. The van der Waals surface area contributed by atoms with Crippen molar-refractivity contribution in [1.29, 1.82) is 0 Å². The minimum atomic E-state index is -5.71. The van der Waals surface area contributed by atoms with Gasteiger partial charge in [-0.3, -0.25) is 4.79 Å². The molecular formula is C8H11F5N2O. The molecule has 1 fully saturated rings. The lowest BCUT2D eigenvalue weighted by molar-refractivity contribution is -0.291. The van der Waals surface area contributed by atoms with Crippen molar-refractivity contribution in [2.75, 3.05) is 6.54 Å². The van der Waals surface area contributed by atoms with Gasteiger partial charge in [0.25, 0.3) is 0 Å². The zero-order valence-electron chi connectivity index (χ0n) is 8.15. The number of nitrogens with two attached hydrogens (primary N) is 1. The van der Waals surface area contributed by atoms with Crippen molar-refractivity contribution < 1.29 is 26.7 Å². The molecule has 0 aromatic heterocycles.